The van der Waals surface area contributed by atoms with E-state index >= 15 is 0 Å². The SMILES string of the molecule is CC1CCCCC1OCCNC(=O)N1CCc2ccc(F)cc21. The molecule has 1 aromatic carbocycles. The average molecular weight is 320 g/mol. The van der Waals surface area contributed by atoms with E-state index in [1.54, 1.807) is 11.0 Å². The third-order valence-corrected chi connectivity index (χ3v) is 4.93. The molecule has 0 spiro atoms. The van der Waals surface area contributed by atoms with E-state index in [0.717, 1.165) is 18.4 Å². The molecule has 2 unspecified atom stereocenters. The highest BCUT2D eigenvalue weighted by atomic mass is 19.1. The maximum absolute atomic E-state index is 13.4. The van der Waals surface area contributed by atoms with E-state index in [4.69, 9.17) is 4.74 Å². The van der Waals surface area contributed by atoms with Crippen LogP contribution < -0.4 is 10.2 Å². The first-order valence-corrected chi connectivity index (χ1v) is 8.60. The molecule has 2 amide bonds. The number of halogens is 1. The van der Waals surface area contributed by atoms with Gasteiger partial charge in [0.2, 0.25) is 0 Å². The summed E-state index contributed by atoms with van der Waals surface area (Å²) in [5.41, 5.74) is 1.71. The molecule has 1 N–H and O–H groups in total. The summed E-state index contributed by atoms with van der Waals surface area (Å²) in [5, 5.41) is 2.88. The van der Waals surface area contributed by atoms with Crippen molar-refractivity contribution in [2.75, 3.05) is 24.6 Å². The van der Waals surface area contributed by atoms with Crippen molar-refractivity contribution >= 4 is 11.7 Å². The lowest BCUT2D eigenvalue weighted by Gasteiger charge is -2.28. The maximum Gasteiger partial charge on any atom is 0.321 e. The van der Waals surface area contributed by atoms with Gasteiger partial charge >= 0.3 is 6.03 Å². The minimum absolute atomic E-state index is 0.172. The van der Waals surface area contributed by atoms with Crippen molar-refractivity contribution < 1.29 is 13.9 Å². The highest BCUT2D eigenvalue weighted by Gasteiger charge is 2.25. The highest BCUT2D eigenvalue weighted by Crippen LogP contribution is 2.28. The van der Waals surface area contributed by atoms with Crippen LogP contribution in [-0.4, -0.2) is 31.8 Å². The predicted molar refractivity (Wildman–Crippen MR) is 88.2 cm³/mol. The van der Waals surface area contributed by atoms with Gasteiger partial charge in [0.15, 0.2) is 0 Å². The van der Waals surface area contributed by atoms with Crippen molar-refractivity contribution in [1.82, 2.24) is 5.32 Å². The number of amides is 2. The van der Waals surface area contributed by atoms with Crippen LogP contribution in [-0.2, 0) is 11.2 Å². The average Bonchev–Trinajstić information content (AvgIpc) is 2.96. The molecule has 1 heterocycles. The molecule has 1 fully saturated rings. The van der Waals surface area contributed by atoms with Crippen LogP contribution in [0.2, 0.25) is 0 Å². The zero-order valence-electron chi connectivity index (χ0n) is 13.7. The molecule has 23 heavy (non-hydrogen) atoms. The first-order chi connectivity index (χ1) is 11.1. The van der Waals surface area contributed by atoms with Crippen LogP contribution in [0.15, 0.2) is 18.2 Å². The van der Waals surface area contributed by atoms with Crippen molar-refractivity contribution in [2.45, 2.75) is 45.1 Å². The van der Waals surface area contributed by atoms with Crippen LogP contribution in [0.25, 0.3) is 0 Å². The van der Waals surface area contributed by atoms with E-state index in [1.165, 1.54) is 31.4 Å². The van der Waals surface area contributed by atoms with Crippen LogP contribution in [0.1, 0.15) is 38.2 Å². The van der Waals surface area contributed by atoms with Crippen molar-refractivity contribution in [3.05, 3.63) is 29.6 Å². The number of urea groups is 1. The molecule has 1 aliphatic carbocycles. The molecular weight excluding hydrogens is 295 g/mol. The Bertz CT molecular complexity index is 564. The lowest BCUT2D eigenvalue weighted by Crippen LogP contribution is -2.41. The van der Waals surface area contributed by atoms with Gasteiger partial charge < -0.3 is 10.1 Å². The summed E-state index contributed by atoms with van der Waals surface area (Å²) in [4.78, 5) is 13.9. The summed E-state index contributed by atoms with van der Waals surface area (Å²) in [7, 11) is 0. The normalized spacial score (nSPS) is 23.7. The van der Waals surface area contributed by atoms with Crippen LogP contribution in [0.4, 0.5) is 14.9 Å². The molecular formula is C18H25FN2O2. The number of benzene rings is 1. The van der Waals surface area contributed by atoms with E-state index in [-0.39, 0.29) is 11.8 Å². The van der Waals surface area contributed by atoms with E-state index in [1.807, 2.05) is 0 Å². The van der Waals surface area contributed by atoms with Gasteiger partial charge in [0.1, 0.15) is 5.82 Å². The second-order valence-electron chi connectivity index (χ2n) is 6.58. The van der Waals surface area contributed by atoms with Crippen LogP contribution in [0, 0.1) is 11.7 Å². The fourth-order valence-corrected chi connectivity index (χ4v) is 3.56. The largest absolute Gasteiger partial charge is 0.376 e. The summed E-state index contributed by atoms with van der Waals surface area (Å²) < 4.78 is 19.3. The molecule has 4 nitrogen and oxygen atoms in total. The number of rotatable bonds is 4. The Morgan fingerprint density at radius 2 is 2.22 bits per heavy atom. The molecule has 1 aromatic rings. The van der Waals surface area contributed by atoms with Crippen molar-refractivity contribution in [1.29, 1.82) is 0 Å². The first kappa shape index (κ1) is 16.2. The van der Waals surface area contributed by atoms with Gasteiger partial charge in [-0.25, -0.2) is 9.18 Å². The number of carbonyl (C=O) groups excluding carboxylic acids is 1. The number of ether oxygens (including phenoxy) is 1. The van der Waals surface area contributed by atoms with Gasteiger partial charge in [-0.15, -0.1) is 0 Å². The minimum Gasteiger partial charge on any atom is -0.376 e. The summed E-state index contributed by atoms with van der Waals surface area (Å²) in [6.07, 6.45) is 5.97. The Morgan fingerprint density at radius 3 is 3.04 bits per heavy atom. The molecule has 3 rings (SSSR count). The van der Waals surface area contributed by atoms with Gasteiger partial charge in [-0.1, -0.05) is 25.8 Å². The van der Waals surface area contributed by atoms with Gasteiger partial charge in [-0.3, -0.25) is 4.90 Å². The number of nitrogens with one attached hydrogen (secondary N) is 1. The lowest BCUT2D eigenvalue weighted by molar-refractivity contribution is -0.00237. The monoisotopic (exact) mass is 320 g/mol. The second kappa shape index (κ2) is 7.30. The Hall–Kier alpha value is -1.62. The van der Waals surface area contributed by atoms with E-state index < -0.39 is 0 Å². The van der Waals surface area contributed by atoms with Crippen LogP contribution in [0.3, 0.4) is 0 Å². The molecule has 0 aromatic heterocycles. The van der Waals surface area contributed by atoms with Crippen LogP contribution >= 0.6 is 0 Å². The predicted octanol–water partition coefficient (Wildman–Crippen LogP) is 3.49. The highest BCUT2D eigenvalue weighted by molar-refractivity contribution is 5.94. The smallest absolute Gasteiger partial charge is 0.321 e. The summed E-state index contributed by atoms with van der Waals surface area (Å²) >= 11 is 0. The Labute approximate surface area is 137 Å². The number of fused-ring (bicyclic) bond motifs is 1. The molecule has 1 aliphatic heterocycles. The minimum atomic E-state index is -0.307. The van der Waals surface area contributed by atoms with Gasteiger partial charge in [0.05, 0.1) is 18.4 Å². The van der Waals surface area contributed by atoms with Crippen molar-refractivity contribution in [3.63, 3.8) is 0 Å². The molecule has 0 radical (unpaired) electrons. The fraction of sp³-hybridized carbons (Fsp3) is 0.611. The second-order valence-corrected chi connectivity index (χ2v) is 6.58. The summed E-state index contributed by atoms with van der Waals surface area (Å²) in [6.45, 7) is 3.86. The number of hydrogen-bond donors (Lipinski definition) is 1. The standard InChI is InChI=1S/C18H25FN2O2/c1-13-4-2-3-5-17(13)23-11-9-20-18(22)21-10-8-14-6-7-15(19)12-16(14)21/h6-7,12-13,17H,2-5,8-11H2,1H3,(H,20,22). The third-order valence-electron chi connectivity index (χ3n) is 4.93. The zero-order valence-corrected chi connectivity index (χ0v) is 13.7. The Morgan fingerprint density at radius 1 is 1.39 bits per heavy atom. The van der Waals surface area contributed by atoms with Gasteiger partial charge in [-0.05, 0) is 42.9 Å². The van der Waals surface area contributed by atoms with Gasteiger partial charge in [-0.2, -0.15) is 0 Å². The van der Waals surface area contributed by atoms with Crippen LogP contribution in [0.5, 0.6) is 0 Å². The number of hydrogen-bond acceptors (Lipinski definition) is 2. The Balaban J connectivity index is 1.45. The number of anilines is 1. The quantitative estimate of drug-likeness (QED) is 0.863. The molecule has 2 aliphatic rings. The fourth-order valence-electron chi connectivity index (χ4n) is 3.56. The van der Waals surface area contributed by atoms with E-state index in [2.05, 4.69) is 12.2 Å². The van der Waals surface area contributed by atoms with Crippen molar-refractivity contribution in [3.8, 4) is 0 Å². The molecule has 2 atom stereocenters. The van der Waals surface area contributed by atoms with E-state index in [0.29, 0.717) is 37.4 Å². The maximum atomic E-state index is 13.4. The molecule has 126 valence electrons. The number of nitrogens with zero attached hydrogens (tertiary/aromatic N) is 1. The third kappa shape index (κ3) is 3.83. The molecule has 0 bridgehead atoms. The topological polar surface area (TPSA) is 41.6 Å². The molecule has 5 heteroatoms. The van der Waals surface area contributed by atoms with Gasteiger partial charge in [0, 0.05) is 13.1 Å². The van der Waals surface area contributed by atoms with Crippen molar-refractivity contribution in [2.24, 2.45) is 5.92 Å². The molecule has 1 saturated carbocycles. The zero-order chi connectivity index (χ0) is 16.2. The molecule has 0 saturated heterocycles. The summed E-state index contributed by atoms with van der Waals surface area (Å²) in [5.74, 6) is 0.297. The number of carbonyl (C=O) groups is 1. The first-order valence-electron chi connectivity index (χ1n) is 8.60. The lowest BCUT2D eigenvalue weighted by atomic mass is 9.88. The van der Waals surface area contributed by atoms with E-state index in [9.17, 15) is 9.18 Å². The van der Waals surface area contributed by atoms with Gasteiger partial charge in [0.25, 0.3) is 0 Å². The summed E-state index contributed by atoms with van der Waals surface area (Å²) in [6, 6.07) is 4.46. The Kier molecular flexibility index (Phi) is 5.16.